The molecule has 2 aromatic rings. The minimum Gasteiger partial charge on any atom is -0.465 e. The third-order valence-corrected chi connectivity index (χ3v) is 2.18. The first-order valence-corrected chi connectivity index (χ1v) is 4.31. The molecule has 0 aliphatic rings. The summed E-state index contributed by atoms with van der Waals surface area (Å²) < 4.78 is 4.57. The van der Waals surface area contributed by atoms with Crippen LogP contribution in [-0.4, -0.2) is 23.0 Å². The van der Waals surface area contributed by atoms with Crippen molar-refractivity contribution in [1.29, 1.82) is 0 Å². The molecule has 2 rings (SSSR count). The summed E-state index contributed by atoms with van der Waals surface area (Å²) in [5, 5.41) is 0.538. The van der Waals surface area contributed by atoms with Crippen LogP contribution >= 0.6 is 11.6 Å². The van der Waals surface area contributed by atoms with Gasteiger partial charge in [0.05, 0.1) is 23.2 Å². The van der Waals surface area contributed by atoms with E-state index in [1.807, 2.05) is 0 Å². The molecule has 0 fully saturated rings. The van der Waals surface area contributed by atoms with Crippen molar-refractivity contribution in [3.8, 4) is 0 Å². The van der Waals surface area contributed by atoms with Gasteiger partial charge in [0.1, 0.15) is 5.52 Å². The Hall–Kier alpha value is -1.55. The highest BCUT2D eigenvalue weighted by molar-refractivity contribution is 6.35. The van der Waals surface area contributed by atoms with E-state index in [9.17, 15) is 4.79 Å². The lowest BCUT2D eigenvalue weighted by atomic mass is 10.2. The predicted molar refractivity (Wildman–Crippen MR) is 52.4 cm³/mol. The number of carbonyl (C=O) groups is 1. The first kappa shape index (κ1) is 9.02. The molecule has 0 atom stereocenters. The maximum Gasteiger partial charge on any atom is 0.339 e. The number of hydrogen-bond donors (Lipinski definition) is 1. The number of aromatic nitrogens is 2. The summed E-state index contributed by atoms with van der Waals surface area (Å²) in [5.74, 6) is -0.412. The summed E-state index contributed by atoms with van der Waals surface area (Å²) in [6.07, 6.45) is 3.06. The fourth-order valence-corrected chi connectivity index (χ4v) is 1.41. The molecule has 4 nitrogen and oxygen atoms in total. The van der Waals surface area contributed by atoms with Gasteiger partial charge in [0.15, 0.2) is 0 Å². The largest absolute Gasteiger partial charge is 0.465 e. The van der Waals surface area contributed by atoms with Gasteiger partial charge >= 0.3 is 5.97 Å². The molecule has 0 bridgehead atoms. The Balaban J connectivity index is 2.57. The Kier molecular flexibility index (Phi) is 2.13. The van der Waals surface area contributed by atoms with Crippen molar-refractivity contribution in [2.45, 2.75) is 0 Å². The molecule has 0 aliphatic heterocycles. The number of fused-ring (bicyclic) bond motifs is 1. The van der Waals surface area contributed by atoms with Gasteiger partial charge in [-0.2, -0.15) is 0 Å². The van der Waals surface area contributed by atoms with Gasteiger partial charge in [-0.25, -0.2) is 4.79 Å². The molecule has 5 heteroatoms. The molecular weight excluding hydrogens is 204 g/mol. The summed E-state index contributed by atoms with van der Waals surface area (Å²) in [6.45, 7) is 0. The first-order valence-electron chi connectivity index (χ1n) is 3.93. The van der Waals surface area contributed by atoms with E-state index in [-0.39, 0.29) is 0 Å². The maximum atomic E-state index is 11.2. The summed E-state index contributed by atoms with van der Waals surface area (Å²) in [5.41, 5.74) is 1.77. The number of H-pyrrole nitrogens is 1. The second-order valence-corrected chi connectivity index (χ2v) is 3.16. The SMILES string of the molecule is COC(=O)c1cnc2c(Cl)c[nH]c2c1. The Morgan fingerprint density at radius 1 is 1.64 bits per heavy atom. The molecule has 72 valence electrons. The van der Waals surface area contributed by atoms with Gasteiger partial charge in [0.2, 0.25) is 0 Å². The van der Waals surface area contributed by atoms with Gasteiger partial charge in [-0.15, -0.1) is 0 Å². The predicted octanol–water partition coefficient (Wildman–Crippen LogP) is 2.00. The van der Waals surface area contributed by atoms with Gasteiger partial charge in [-0.05, 0) is 6.07 Å². The van der Waals surface area contributed by atoms with Crippen molar-refractivity contribution in [2.75, 3.05) is 7.11 Å². The van der Waals surface area contributed by atoms with Crippen LogP contribution in [-0.2, 0) is 4.74 Å². The first-order chi connectivity index (χ1) is 6.72. The lowest BCUT2D eigenvalue weighted by molar-refractivity contribution is 0.0600. The molecule has 2 heterocycles. The standard InChI is InChI=1S/C9H7ClN2O2/c1-14-9(13)5-2-7-8(12-3-5)6(10)4-11-7/h2-4,11H,1H3. The number of methoxy groups -OCH3 is 1. The van der Waals surface area contributed by atoms with Crippen LogP contribution in [0.15, 0.2) is 18.5 Å². The Bertz CT molecular complexity index is 493. The summed E-state index contributed by atoms with van der Waals surface area (Å²) in [7, 11) is 1.33. The molecule has 14 heavy (non-hydrogen) atoms. The number of nitrogens with zero attached hydrogens (tertiary/aromatic N) is 1. The van der Waals surface area contributed by atoms with Crippen LogP contribution in [0, 0.1) is 0 Å². The molecule has 0 saturated carbocycles. The van der Waals surface area contributed by atoms with Gasteiger partial charge in [-0.1, -0.05) is 11.6 Å². The van der Waals surface area contributed by atoms with E-state index >= 15 is 0 Å². The van der Waals surface area contributed by atoms with Crippen molar-refractivity contribution in [1.82, 2.24) is 9.97 Å². The number of carbonyl (C=O) groups excluding carboxylic acids is 1. The smallest absolute Gasteiger partial charge is 0.339 e. The molecule has 0 radical (unpaired) electrons. The Morgan fingerprint density at radius 3 is 3.14 bits per heavy atom. The second-order valence-electron chi connectivity index (χ2n) is 2.75. The fourth-order valence-electron chi connectivity index (χ4n) is 1.20. The molecule has 0 unspecified atom stereocenters. The number of hydrogen-bond acceptors (Lipinski definition) is 3. The van der Waals surface area contributed by atoms with E-state index in [0.29, 0.717) is 16.1 Å². The van der Waals surface area contributed by atoms with Crippen LogP contribution < -0.4 is 0 Å². The zero-order valence-corrected chi connectivity index (χ0v) is 8.13. The van der Waals surface area contributed by atoms with E-state index in [2.05, 4.69) is 14.7 Å². The number of ether oxygens (including phenoxy) is 1. The third kappa shape index (κ3) is 1.33. The molecule has 0 amide bonds. The van der Waals surface area contributed by atoms with Crippen molar-refractivity contribution in [3.63, 3.8) is 0 Å². The van der Waals surface area contributed by atoms with Gasteiger partial charge in [-0.3, -0.25) is 4.98 Å². The van der Waals surface area contributed by atoms with E-state index < -0.39 is 5.97 Å². The number of aromatic amines is 1. The quantitative estimate of drug-likeness (QED) is 0.733. The van der Waals surface area contributed by atoms with Gasteiger partial charge < -0.3 is 9.72 Å². The van der Waals surface area contributed by atoms with Crippen molar-refractivity contribution >= 4 is 28.6 Å². The number of nitrogens with one attached hydrogen (secondary N) is 1. The van der Waals surface area contributed by atoms with E-state index in [1.165, 1.54) is 13.3 Å². The number of esters is 1. The van der Waals surface area contributed by atoms with Crippen LogP contribution in [0.1, 0.15) is 10.4 Å². The van der Waals surface area contributed by atoms with E-state index in [0.717, 1.165) is 5.52 Å². The molecular formula is C9H7ClN2O2. The minimum absolute atomic E-state index is 0.401. The fraction of sp³-hybridized carbons (Fsp3) is 0.111. The zero-order chi connectivity index (χ0) is 10.1. The highest BCUT2D eigenvalue weighted by atomic mass is 35.5. The van der Waals surface area contributed by atoms with Crippen LogP contribution in [0.5, 0.6) is 0 Å². The Labute approximate surface area is 84.9 Å². The van der Waals surface area contributed by atoms with Crippen LogP contribution in [0.4, 0.5) is 0 Å². The monoisotopic (exact) mass is 210 g/mol. The number of pyridine rings is 1. The third-order valence-electron chi connectivity index (χ3n) is 1.89. The number of rotatable bonds is 1. The Morgan fingerprint density at radius 2 is 2.43 bits per heavy atom. The molecule has 0 saturated heterocycles. The summed E-state index contributed by atoms with van der Waals surface area (Å²) >= 11 is 5.83. The van der Waals surface area contributed by atoms with Crippen molar-refractivity contribution < 1.29 is 9.53 Å². The van der Waals surface area contributed by atoms with Crippen LogP contribution in [0.2, 0.25) is 5.02 Å². The highest BCUT2D eigenvalue weighted by Gasteiger charge is 2.09. The lowest BCUT2D eigenvalue weighted by Crippen LogP contribution is -2.01. The van der Waals surface area contributed by atoms with E-state index in [4.69, 9.17) is 11.6 Å². The van der Waals surface area contributed by atoms with Crippen molar-refractivity contribution in [2.24, 2.45) is 0 Å². The average molecular weight is 211 g/mol. The highest BCUT2D eigenvalue weighted by Crippen LogP contribution is 2.21. The second kappa shape index (κ2) is 3.31. The molecule has 0 spiro atoms. The summed E-state index contributed by atoms with van der Waals surface area (Å²) in [6, 6.07) is 1.65. The van der Waals surface area contributed by atoms with Crippen LogP contribution in [0.3, 0.4) is 0 Å². The molecule has 2 aromatic heterocycles. The summed E-state index contributed by atoms with van der Waals surface area (Å²) in [4.78, 5) is 18.1. The minimum atomic E-state index is -0.412. The van der Waals surface area contributed by atoms with Crippen LogP contribution in [0.25, 0.3) is 11.0 Å². The van der Waals surface area contributed by atoms with Crippen molar-refractivity contribution in [3.05, 3.63) is 29.0 Å². The zero-order valence-electron chi connectivity index (χ0n) is 7.37. The van der Waals surface area contributed by atoms with Gasteiger partial charge in [0, 0.05) is 12.4 Å². The molecule has 1 N–H and O–H groups in total. The van der Waals surface area contributed by atoms with E-state index in [1.54, 1.807) is 12.3 Å². The molecule has 0 aliphatic carbocycles. The lowest BCUT2D eigenvalue weighted by Gasteiger charge is -1.97. The molecule has 0 aromatic carbocycles. The topological polar surface area (TPSA) is 55.0 Å². The normalized spacial score (nSPS) is 10.4. The maximum absolute atomic E-state index is 11.2. The number of halogens is 1. The average Bonchev–Trinajstić information content (AvgIpc) is 2.59. The van der Waals surface area contributed by atoms with Gasteiger partial charge in [0.25, 0.3) is 0 Å².